The summed E-state index contributed by atoms with van der Waals surface area (Å²) in [5.41, 5.74) is 3.27. The monoisotopic (exact) mass is 237 g/mol. The molecule has 1 aromatic rings. The highest BCUT2D eigenvalue weighted by Gasteiger charge is 2.08. The molecule has 0 aliphatic rings. The lowest BCUT2D eigenvalue weighted by molar-refractivity contribution is -0.128. The second-order valence-electron chi connectivity index (χ2n) is 3.49. The maximum absolute atomic E-state index is 11.7. The highest BCUT2D eigenvalue weighted by Crippen LogP contribution is 2.10. The van der Waals surface area contributed by atoms with Crippen LogP contribution < -0.4 is 16.6 Å². The molecule has 1 aromatic heterocycles. The van der Waals surface area contributed by atoms with Crippen LogP contribution in [0.5, 0.6) is 0 Å². The van der Waals surface area contributed by atoms with Crippen LogP contribution in [0.4, 0.5) is 11.5 Å². The van der Waals surface area contributed by atoms with Crippen molar-refractivity contribution in [1.82, 2.24) is 9.88 Å². The van der Waals surface area contributed by atoms with Crippen molar-refractivity contribution < 1.29 is 4.79 Å². The summed E-state index contributed by atoms with van der Waals surface area (Å²) in [7, 11) is 0. The molecule has 6 heteroatoms. The minimum Gasteiger partial charge on any atom is -0.376 e. The van der Waals surface area contributed by atoms with E-state index in [4.69, 9.17) is 5.84 Å². The number of hydrazine groups is 1. The number of hydrogen-bond acceptors (Lipinski definition) is 5. The molecule has 0 spiro atoms. The van der Waals surface area contributed by atoms with Gasteiger partial charge in [-0.1, -0.05) is 0 Å². The number of nitrogen functional groups attached to an aromatic ring is 1. The van der Waals surface area contributed by atoms with Crippen LogP contribution in [0.15, 0.2) is 18.3 Å². The van der Waals surface area contributed by atoms with Gasteiger partial charge in [-0.25, -0.2) is 10.8 Å². The highest BCUT2D eigenvalue weighted by atomic mass is 16.2. The zero-order valence-electron chi connectivity index (χ0n) is 10.2. The topological polar surface area (TPSA) is 83.3 Å². The molecule has 17 heavy (non-hydrogen) atoms. The predicted molar refractivity (Wildman–Crippen MR) is 68.5 cm³/mol. The summed E-state index contributed by atoms with van der Waals surface area (Å²) < 4.78 is 0. The van der Waals surface area contributed by atoms with Gasteiger partial charge in [0.1, 0.15) is 5.82 Å². The maximum atomic E-state index is 11.7. The van der Waals surface area contributed by atoms with Crippen molar-refractivity contribution in [2.75, 3.05) is 30.4 Å². The van der Waals surface area contributed by atoms with Crippen molar-refractivity contribution in [2.24, 2.45) is 5.84 Å². The van der Waals surface area contributed by atoms with Crippen LogP contribution in [0.3, 0.4) is 0 Å². The number of carbonyl (C=O) groups excluding carboxylic acids is 1. The molecule has 0 atom stereocenters. The second-order valence-corrected chi connectivity index (χ2v) is 3.49. The average molecular weight is 237 g/mol. The zero-order valence-corrected chi connectivity index (χ0v) is 10.2. The summed E-state index contributed by atoms with van der Waals surface area (Å²) in [4.78, 5) is 17.5. The number of nitrogens with two attached hydrogens (primary N) is 1. The molecule has 1 amide bonds. The van der Waals surface area contributed by atoms with Crippen molar-refractivity contribution in [3.05, 3.63) is 18.3 Å². The van der Waals surface area contributed by atoms with E-state index in [1.165, 1.54) is 0 Å². The van der Waals surface area contributed by atoms with E-state index in [-0.39, 0.29) is 12.5 Å². The number of hydrogen-bond donors (Lipinski definition) is 3. The first kappa shape index (κ1) is 13.2. The lowest BCUT2D eigenvalue weighted by Crippen LogP contribution is -2.35. The van der Waals surface area contributed by atoms with Crippen LogP contribution in [0.1, 0.15) is 13.8 Å². The number of pyridine rings is 1. The molecule has 0 radical (unpaired) electrons. The van der Waals surface area contributed by atoms with Crippen LogP contribution >= 0.6 is 0 Å². The Bertz CT molecular complexity index is 365. The molecule has 0 saturated carbocycles. The number of carbonyl (C=O) groups is 1. The summed E-state index contributed by atoms with van der Waals surface area (Å²) >= 11 is 0. The third-order valence-corrected chi connectivity index (χ3v) is 2.47. The van der Waals surface area contributed by atoms with Gasteiger partial charge in [0.2, 0.25) is 5.91 Å². The lowest BCUT2D eigenvalue weighted by Gasteiger charge is -2.19. The van der Waals surface area contributed by atoms with Crippen molar-refractivity contribution in [3.63, 3.8) is 0 Å². The van der Waals surface area contributed by atoms with Gasteiger partial charge in [0.25, 0.3) is 0 Å². The number of nitrogens with zero attached hydrogens (tertiary/aromatic N) is 2. The first-order chi connectivity index (χ1) is 8.21. The van der Waals surface area contributed by atoms with Crippen molar-refractivity contribution >= 4 is 17.4 Å². The van der Waals surface area contributed by atoms with Gasteiger partial charge in [-0.05, 0) is 19.9 Å². The Balaban J connectivity index is 2.52. The van der Waals surface area contributed by atoms with E-state index in [1.54, 1.807) is 23.2 Å². The van der Waals surface area contributed by atoms with Gasteiger partial charge in [0, 0.05) is 31.0 Å². The van der Waals surface area contributed by atoms with Gasteiger partial charge in [-0.3, -0.25) is 4.79 Å². The van der Waals surface area contributed by atoms with E-state index in [0.29, 0.717) is 5.82 Å². The molecule has 0 saturated heterocycles. The molecule has 0 unspecified atom stereocenters. The van der Waals surface area contributed by atoms with Gasteiger partial charge in [-0.15, -0.1) is 0 Å². The largest absolute Gasteiger partial charge is 0.376 e. The summed E-state index contributed by atoms with van der Waals surface area (Å²) in [6.07, 6.45) is 1.62. The molecule has 1 rings (SSSR count). The van der Waals surface area contributed by atoms with Crippen molar-refractivity contribution in [2.45, 2.75) is 13.8 Å². The van der Waals surface area contributed by atoms with Gasteiger partial charge < -0.3 is 15.6 Å². The molecule has 0 aliphatic carbocycles. The van der Waals surface area contributed by atoms with Gasteiger partial charge in [-0.2, -0.15) is 0 Å². The summed E-state index contributed by atoms with van der Waals surface area (Å²) in [5, 5.41) is 3.04. The first-order valence-electron chi connectivity index (χ1n) is 5.65. The van der Waals surface area contributed by atoms with Crippen LogP contribution in [0, 0.1) is 0 Å². The normalized spacial score (nSPS) is 9.82. The SMILES string of the molecule is CCN(CC)C(=O)CNc1ccnc(NN)c1. The molecule has 6 nitrogen and oxygen atoms in total. The van der Waals surface area contributed by atoms with E-state index in [2.05, 4.69) is 15.7 Å². The van der Waals surface area contributed by atoms with Crippen molar-refractivity contribution in [3.8, 4) is 0 Å². The smallest absolute Gasteiger partial charge is 0.241 e. The van der Waals surface area contributed by atoms with Gasteiger partial charge in [0.05, 0.1) is 6.54 Å². The van der Waals surface area contributed by atoms with Crippen LogP contribution in [0.25, 0.3) is 0 Å². The van der Waals surface area contributed by atoms with E-state index < -0.39 is 0 Å². The Labute approximate surface area is 101 Å². The molecule has 0 fully saturated rings. The van der Waals surface area contributed by atoms with E-state index in [1.807, 2.05) is 13.8 Å². The van der Waals surface area contributed by atoms with Gasteiger partial charge >= 0.3 is 0 Å². The Morgan fingerprint density at radius 1 is 1.47 bits per heavy atom. The van der Waals surface area contributed by atoms with Crippen molar-refractivity contribution in [1.29, 1.82) is 0 Å². The number of nitrogens with one attached hydrogen (secondary N) is 2. The summed E-state index contributed by atoms with van der Waals surface area (Å²) in [5.74, 6) is 5.89. The van der Waals surface area contributed by atoms with Crippen LogP contribution in [0.2, 0.25) is 0 Å². The zero-order chi connectivity index (χ0) is 12.7. The molecule has 1 heterocycles. The van der Waals surface area contributed by atoms with E-state index >= 15 is 0 Å². The second kappa shape index (κ2) is 6.70. The van der Waals surface area contributed by atoms with Crippen LogP contribution in [-0.2, 0) is 4.79 Å². The number of anilines is 2. The Hall–Kier alpha value is -1.82. The lowest BCUT2D eigenvalue weighted by atomic mass is 10.3. The number of likely N-dealkylation sites (N-methyl/N-ethyl adjacent to an activating group) is 1. The standard InChI is InChI=1S/C11H19N5O/c1-3-16(4-2)11(17)8-14-9-5-6-13-10(7-9)15-12/h5-7H,3-4,8,12H2,1-2H3,(H2,13,14,15). The molecular formula is C11H19N5O. The number of amides is 1. The molecule has 0 aromatic carbocycles. The maximum Gasteiger partial charge on any atom is 0.241 e. The Kier molecular flexibility index (Phi) is 5.22. The molecule has 0 aliphatic heterocycles. The molecule has 94 valence electrons. The first-order valence-corrected chi connectivity index (χ1v) is 5.65. The Morgan fingerprint density at radius 3 is 2.76 bits per heavy atom. The van der Waals surface area contributed by atoms with Crippen LogP contribution in [-0.4, -0.2) is 35.4 Å². The predicted octanol–water partition coefficient (Wildman–Crippen LogP) is 0.648. The van der Waals surface area contributed by atoms with E-state index in [9.17, 15) is 4.79 Å². The fourth-order valence-corrected chi connectivity index (χ4v) is 1.49. The minimum absolute atomic E-state index is 0.0778. The summed E-state index contributed by atoms with van der Waals surface area (Å²) in [6.45, 7) is 5.65. The average Bonchev–Trinajstić information content (AvgIpc) is 2.38. The fraction of sp³-hybridized carbons (Fsp3) is 0.455. The fourth-order valence-electron chi connectivity index (χ4n) is 1.49. The highest BCUT2D eigenvalue weighted by molar-refractivity contribution is 5.80. The molecule has 4 N–H and O–H groups in total. The Morgan fingerprint density at radius 2 is 2.18 bits per heavy atom. The number of aromatic nitrogens is 1. The minimum atomic E-state index is 0.0778. The third-order valence-electron chi connectivity index (χ3n) is 2.47. The molecular weight excluding hydrogens is 218 g/mol. The third kappa shape index (κ3) is 3.92. The van der Waals surface area contributed by atoms with E-state index in [0.717, 1.165) is 18.8 Å². The number of rotatable bonds is 6. The quantitative estimate of drug-likeness (QED) is 0.500. The summed E-state index contributed by atoms with van der Waals surface area (Å²) in [6, 6.07) is 3.53. The van der Waals surface area contributed by atoms with Gasteiger partial charge in [0.15, 0.2) is 0 Å². The molecule has 0 bridgehead atoms.